The van der Waals surface area contributed by atoms with Crippen molar-refractivity contribution in [1.82, 2.24) is 15.1 Å². The maximum absolute atomic E-state index is 12.3. The molecule has 22 heavy (non-hydrogen) atoms. The molecule has 0 spiro atoms. The molecular formula is C17H22N4O. The van der Waals surface area contributed by atoms with E-state index in [1.54, 1.807) is 4.68 Å². The number of nitrogens with zero attached hydrogens (tertiary/aromatic N) is 2. The number of anilines is 1. The van der Waals surface area contributed by atoms with Gasteiger partial charge in [-0.3, -0.25) is 4.68 Å². The molecule has 0 saturated heterocycles. The van der Waals surface area contributed by atoms with E-state index in [2.05, 4.69) is 33.9 Å². The second-order valence-electron chi connectivity index (χ2n) is 5.91. The highest BCUT2D eigenvalue weighted by Crippen LogP contribution is 2.29. The van der Waals surface area contributed by atoms with Crippen LogP contribution in [0.5, 0.6) is 0 Å². The lowest BCUT2D eigenvalue weighted by Gasteiger charge is -2.26. The maximum atomic E-state index is 12.3. The van der Waals surface area contributed by atoms with Crippen LogP contribution in [0.2, 0.25) is 0 Å². The van der Waals surface area contributed by atoms with Crippen molar-refractivity contribution < 1.29 is 4.79 Å². The van der Waals surface area contributed by atoms with Crippen LogP contribution in [0, 0.1) is 13.8 Å². The van der Waals surface area contributed by atoms with E-state index < -0.39 is 0 Å². The molecule has 1 heterocycles. The molecule has 5 nitrogen and oxygen atoms in total. The van der Waals surface area contributed by atoms with Gasteiger partial charge in [0.25, 0.3) is 0 Å². The standard InChI is InChI=1S/C17H22N4O/c1-11-16(12(2)21(3)20-11)19-17(22)18-15-10-6-8-13-7-4-5-9-14(13)15/h4-5,7,9,15H,6,8,10H2,1-3H3,(H2,18,19,22). The highest BCUT2D eigenvalue weighted by Gasteiger charge is 2.22. The molecule has 0 radical (unpaired) electrons. The van der Waals surface area contributed by atoms with Crippen LogP contribution in [0.25, 0.3) is 0 Å². The average Bonchev–Trinajstić information content (AvgIpc) is 2.74. The van der Waals surface area contributed by atoms with E-state index in [0.29, 0.717) is 0 Å². The number of nitrogens with one attached hydrogen (secondary N) is 2. The Labute approximate surface area is 130 Å². The van der Waals surface area contributed by atoms with Gasteiger partial charge in [0.2, 0.25) is 0 Å². The number of fused-ring (bicyclic) bond motifs is 1. The van der Waals surface area contributed by atoms with Gasteiger partial charge in [-0.25, -0.2) is 4.79 Å². The van der Waals surface area contributed by atoms with Crippen LogP contribution < -0.4 is 10.6 Å². The molecule has 0 aliphatic heterocycles. The Balaban J connectivity index is 1.73. The summed E-state index contributed by atoms with van der Waals surface area (Å²) in [5.41, 5.74) is 5.16. The van der Waals surface area contributed by atoms with Crippen molar-refractivity contribution in [2.24, 2.45) is 7.05 Å². The van der Waals surface area contributed by atoms with Crippen molar-refractivity contribution in [2.75, 3.05) is 5.32 Å². The lowest BCUT2D eigenvalue weighted by atomic mass is 9.88. The Kier molecular flexibility index (Phi) is 3.88. The first-order valence-corrected chi connectivity index (χ1v) is 7.72. The largest absolute Gasteiger partial charge is 0.331 e. The van der Waals surface area contributed by atoms with Gasteiger partial charge < -0.3 is 10.6 Å². The number of carbonyl (C=O) groups excluding carboxylic acids is 1. The molecular weight excluding hydrogens is 276 g/mol. The molecule has 2 N–H and O–H groups in total. The molecule has 3 rings (SSSR count). The first kappa shape index (κ1) is 14.6. The Morgan fingerprint density at radius 2 is 2.09 bits per heavy atom. The number of amides is 2. The summed E-state index contributed by atoms with van der Waals surface area (Å²) in [4.78, 5) is 12.3. The highest BCUT2D eigenvalue weighted by molar-refractivity contribution is 5.90. The van der Waals surface area contributed by atoms with E-state index in [9.17, 15) is 4.79 Å². The van der Waals surface area contributed by atoms with Gasteiger partial charge in [-0.05, 0) is 44.2 Å². The zero-order valence-corrected chi connectivity index (χ0v) is 13.3. The molecule has 1 aliphatic rings. The van der Waals surface area contributed by atoms with Gasteiger partial charge in [0, 0.05) is 7.05 Å². The predicted octanol–water partition coefficient (Wildman–Crippen LogP) is 3.24. The van der Waals surface area contributed by atoms with Crippen LogP contribution >= 0.6 is 0 Å². The Morgan fingerprint density at radius 1 is 1.32 bits per heavy atom. The van der Waals surface area contributed by atoms with Gasteiger partial charge in [-0.2, -0.15) is 5.10 Å². The SMILES string of the molecule is Cc1nn(C)c(C)c1NC(=O)NC1CCCc2ccccc21. The van der Waals surface area contributed by atoms with Gasteiger partial charge in [0.15, 0.2) is 0 Å². The van der Waals surface area contributed by atoms with E-state index in [1.807, 2.05) is 27.0 Å². The van der Waals surface area contributed by atoms with Crippen molar-refractivity contribution >= 4 is 11.7 Å². The Morgan fingerprint density at radius 3 is 2.82 bits per heavy atom. The van der Waals surface area contributed by atoms with Crippen molar-refractivity contribution in [3.63, 3.8) is 0 Å². The molecule has 0 fully saturated rings. The third-order valence-corrected chi connectivity index (χ3v) is 4.42. The fraction of sp³-hybridized carbons (Fsp3) is 0.412. The number of hydrogen-bond acceptors (Lipinski definition) is 2. The van der Waals surface area contributed by atoms with Crippen molar-refractivity contribution in [1.29, 1.82) is 0 Å². The molecule has 1 aromatic heterocycles. The van der Waals surface area contributed by atoms with E-state index in [1.165, 1.54) is 11.1 Å². The van der Waals surface area contributed by atoms with Gasteiger partial charge in [-0.1, -0.05) is 24.3 Å². The molecule has 1 aromatic carbocycles. The van der Waals surface area contributed by atoms with E-state index in [-0.39, 0.29) is 12.1 Å². The number of carbonyl (C=O) groups is 1. The Hall–Kier alpha value is -2.30. The predicted molar refractivity (Wildman–Crippen MR) is 87.0 cm³/mol. The smallest absolute Gasteiger partial charge is 0.319 e. The van der Waals surface area contributed by atoms with Crippen molar-refractivity contribution in [3.05, 3.63) is 46.8 Å². The summed E-state index contributed by atoms with van der Waals surface area (Å²) >= 11 is 0. The molecule has 0 bridgehead atoms. The fourth-order valence-electron chi connectivity index (χ4n) is 3.17. The number of aryl methyl sites for hydroxylation is 3. The lowest BCUT2D eigenvalue weighted by Crippen LogP contribution is -2.34. The van der Waals surface area contributed by atoms with Crippen LogP contribution in [0.3, 0.4) is 0 Å². The van der Waals surface area contributed by atoms with E-state index in [0.717, 1.165) is 36.3 Å². The van der Waals surface area contributed by atoms with E-state index in [4.69, 9.17) is 0 Å². The fourth-order valence-corrected chi connectivity index (χ4v) is 3.17. The molecule has 1 aliphatic carbocycles. The van der Waals surface area contributed by atoms with Crippen LogP contribution in [0.15, 0.2) is 24.3 Å². The zero-order valence-electron chi connectivity index (χ0n) is 13.3. The number of benzene rings is 1. The molecule has 2 aromatic rings. The molecule has 116 valence electrons. The second-order valence-corrected chi connectivity index (χ2v) is 5.91. The average molecular weight is 298 g/mol. The summed E-state index contributed by atoms with van der Waals surface area (Å²) in [5.74, 6) is 0. The van der Waals surface area contributed by atoms with Crippen LogP contribution in [0.4, 0.5) is 10.5 Å². The third kappa shape index (κ3) is 2.71. The first-order chi connectivity index (χ1) is 10.6. The minimum atomic E-state index is -0.166. The van der Waals surface area contributed by atoms with Crippen molar-refractivity contribution in [2.45, 2.75) is 39.2 Å². The number of urea groups is 1. The second kappa shape index (κ2) is 5.83. The molecule has 0 saturated carbocycles. The van der Waals surface area contributed by atoms with Crippen LogP contribution in [-0.2, 0) is 13.5 Å². The highest BCUT2D eigenvalue weighted by atomic mass is 16.2. The lowest BCUT2D eigenvalue weighted by molar-refractivity contribution is 0.247. The van der Waals surface area contributed by atoms with Crippen molar-refractivity contribution in [3.8, 4) is 0 Å². The topological polar surface area (TPSA) is 59.0 Å². The molecule has 2 amide bonds. The first-order valence-electron chi connectivity index (χ1n) is 7.72. The number of hydrogen-bond donors (Lipinski definition) is 2. The van der Waals surface area contributed by atoms with E-state index >= 15 is 0 Å². The van der Waals surface area contributed by atoms with Gasteiger partial charge in [0.1, 0.15) is 0 Å². The normalized spacial score (nSPS) is 17.0. The summed E-state index contributed by atoms with van der Waals surface area (Å²) in [5, 5.41) is 10.4. The zero-order chi connectivity index (χ0) is 15.7. The minimum Gasteiger partial charge on any atom is -0.331 e. The molecule has 1 unspecified atom stereocenters. The summed E-state index contributed by atoms with van der Waals surface area (Å²) < 4.78 is 1.78. The summed E-state index contributed by atoms with van der Waals surface area (Å²) in [6, 6.07) is 8.27. The number of rotatable bonds is 2. The summed E-state index contributed by atoms with van der Waals surface area (Å²) in [7, 11) is 1.88. The third-order valence-electron chi connectivity index (χ3n) is 4.42. The van der Waals surface area contributed by atoms with Gasteiger partial charge in [-0.15, -0.1) is 0 Å². The van der Waals surface area contributed by atoms with Gasteiger partial charge in [0.05, 0.1) is 23.1 Å². The quantitative estimate of drug-likeness (QED) is 0.894. The van der Waals surface area contributed by atoms with Crippen LogP contribution in [-0.4, -0.2) is 15.8 Å². The summed E-state index contributed by atoms with van der Waals surface area (Å²) in [6.07, 6.45) is 3.18. The summed E-state index contributed by atoms with van der Waals surface area (Å²) in [6.45, 7) is 3.85. The van der Waals surface area contributed by atoms with Gasteiger partial charge >= 0.3 is 6.03 Å². The number of aromatic nitrogens is 2. The Bertz CT molecular complexity index is 705. The monoisotopic (exact) mass is 298 g/mol. The van der Waals surface area contributed by atoms with Crippen LogP contribution in [0.1, 0.15) is 41.4 Å². The molecule has 1 atom stereocenters. The minimum absolute atomic E-state index is 0.0854. The molecule has 5 heteroatoms. The maximum Gasteiger partial charge on any atom is 0.319 e.